The van der Waals surface area contributed by atoms with Gasteiger partial charge in [-0.05, 0) is 27.7 Å². The summed E-state index contributed by atoms with van der Waals surface area (Å²) in [7, 11) is 0. The fourth-order valence-electron chi connectivity index (χ4n) is 2.91. The summed E-state index contributed by atoms with van der Waals surface area (Å²) in [5.74, 6) is -3.02. The van der Waals surface area contributed by atoms with Crippen molar-refractivity contribution in [1.29, 1.82) is 0 Å². The predicted octanol–water partition coefficient (Wildman–Crippen LogP) is 0.508. The van der Waals surface area contributed by atoms with E-state index in [1.165, 1.54) is 6.92 Å². The maximum absolute atomic E-state index is 11.2. The highest BCUT2D eigenvalue weighted by atomic mass is 16.8. The quantitative estimate of drug-likeness (QED) is 0.710. The Morgan fingerprint density at radius 1 is 1.18 bits per heavy atom. The van der Waals surface area contributed by atoms with Crippen LogP contribution in [0.15, 0.2) is 5.10 Å². The third-order valence-electron chi connectivity index (χ3n) is 3.68. The monoisotopic (exact) mass is 314 g/mol. The van der Waals surface area contributed by atoms with Crippen LogP contribution >= 0.6 is 0 Å². The van der Waals surface area contributed by atoms with Crippen molar-refractivity contribution in [3.8, 4) is 0 Å². The largest absolute Gasteiger partial charge is 0.344 e. The van der Waals surface area contributed by atoms with Crippen LogP contribution in [-0.4, -0.2) is 54.4 Å². The summed E-state index contributed by atoms with van der Waals surface area (Å²) in [4.78, 5) is 11.2. The number of fused-ring (bicyclic) bond motifs is 1. The highest BCUT2D eigenvalue weighted by molar-refractivity contribution is 5.97. The molecule has 3 rings (SSSR count). The van der Waals surface area contributed by atoms with Crippen molar-refractivity contribution in [1.82, 2.24) is 5.43 Å². The normalized spacial score (nSPS) is 40.9. The molecule has 8 heteroatoms. The lowest BCUT2D eigenvalue weighted by Crippen LogP contribution is -2.59. The van der Waals surface area contributed by atoms with Crippen LogP contribution in [0.2, 0.25) is 0 Å². The molecule has 3 atom stereocenters. The topological polar surface area (TPSA) is 87.6 Å². The van der Waals surface area contributed by atoms with Crippen molar-refractivity contribution < 1.29 is 28.5 Å². The maximum atomic E-state index is 11.2. The van der Waals surface area contributed by atoms with Crippen LogP contribution in [-0.2, 0) is 28.5 Å². The second kappa shape index (κ2) is 4.97. The van der Waals surface area contributed by atoms with E-state index in [4.69, 9.17) is 23.7 Å². The molecule has 3 aliphatic rings. The Hall–Kier alpha value is -1.06. The van der Waals surface area contributed by atoms with E-state index in [0.717, 1.165) is 0 Å². The molecule has 124 valence electrons. The molecular weight excluding hydrogens is 292 g/mol. The van der Waals surface area contributed by atoms with E-state index in [9.17, 15) is 4.79 Å². The fourth-order valence-corrected chi connectivity index (χ4v) is 2.91. The van der Waals surface area contributed by atoms with Crippen LogP contribution < -0.4 is 5.43 Å². The molecule has 0 aromatic rings. The summed E-state index contributed by atoms with van der Waals surface area (Å²) < 4.78 is 29.2. The van der Waals surface area contributed by atoms with E-state index in [2.05, 4.69) is 10.5 Å². The smallest absolute Gasteiger partial charge is 0.239 e. The first-order valence-corrected chi connectivity index (χ1v) is 7.31. The van der Waals surface area contributed by atoms with Crippen molar-refractivity contribution in [3.63, 3.8) is 0 Å². The molecule has 3 saturated heterocycles. The molecule has 0 radical (unpaired) electrons. The summed E-state index contributed by atoms with van der Waals surface area (Å²) in [6, 6.07) is 0. The molecule has 3 aliphatic heterocycles. The first-order chi connectivity index (χ1) is 10.1. The molecule has 1 N–H and O–H groups in total. The number of hydrogen-bond acceptors (Lipinski definition) is 7. The first-order valence-electron chi connectivity index (χ1n) is 7.31. The van der Waals surface area contributed by atoms with Crippen LogP contribution in [0.25, 0.3) is 0 Å². The Labute approximate surface area is 129 Å². The van der Waals surface area contributed by atoms with E-state index in [0.29, 0.717) is 12.3 Å². The van der Waals surface area contributed by atoms with E-state index < -0.39 is 23.5 Å². The molecule has 0 bridgehead atoms. The van der Waals surface area contributed by atoms with Gasteiger partial charge in [-0.15, -0.1) is 0 Å². The van der Waals surface area contributed by atoms with E-state index >= 15 is 0 Å². The van der Waals surface area contributed by atoms with Gasteiger partial charge in [-0.25, -0.2) is 5.43 Å². The summed E-state index contributed by atoms with van der Waals surface area (Å²) in [5, 5.41) is 4.17. The lowest BCUT2D eigenvalue weighted by Gasteiger charge is -2.38. The molecular formula is C14H22N2O6. The number of rotatable bonds is 1. The second-order valence-electron chi connectivity index (χ2n) is 6.61. The average Bonchev–Trinajstić information content (AvgIpc) is 2.84. The summed E-state index contributed by atoms with van der Waals surface area (Å²) >= 11 is 0. The van der Waals surface area contributed by atoms with Gasteiger partial charge >= 0.3 is 0 Å². The number of hydrazone groups is 1. The van der Waals surface area contributed by atoms with Gasteiger partial charge in [0.1, 0.15) is 24.5 Å². The van der Waals surface area contributed by atoms with E-state index in [-0.39, 0.29) is 18.6 Å². The van der Waals surface area contributed by atoms with Crippen LogP contribution in [0, 0.1) is 0 Å². The molecule has 22 heavy (non-hydrogen) atoms. The van der Waals surface area contributed by atoms with Crippen molar-refractivity contribution in [2.45, 2.75) is 64.2 Å². The molecule has 8 nitrogen and oxygen atoms in total. The van der Waals surface area contributed by atoms with Crippen molar-refractivity contribution in [2.75, 3.05) is 13.2 Å². The number of carbonyl (C=O) groups is 1. The van der Waals surface area contributed by atoms with Crippen molar-refractivity contribution >= 4 is 11.6 Å². The Morgan fingerprint density at radius 2 is 1.91 bits per heavy atom. The third kappa shape index (κ3) is 2.77. The molecule has 0 saturated carbocycles. The van der Waals surface area contributed by atoms with E-state index in [1.54, 1.807) is 13.8 Å². The minimum Gasteiger partial charge on any atom is -0.344 e. The second-order valence-corrected chi connectivity index (χ2v) is 6.61. The first kappa shape index (κ1) is 15.8. The molecule has 3 heterocycles. The Kier molecular flexibility index (Phi) is 3.57. The number of nitrogens with one attached hydrogen (secondary N) is 1. The number of amides is 1. The molecule has 3 fully saturated rings. The minimum absolute atomic E-state index is 0.172. The average molecular weight is 314 g/mol. The third-order valence-corrected chi connectivity index (χ3v) is 3.68. The van der Waals surface area contributed by atoms with Gasteiger partial charge < -0.3 is 23.7 Å². The van der Waals surface area contributed by atoms with Crippen LogP contribution in [0.1, 0.15) is 34.6 Å². The van der Waals surface area contributed by atoms with E-state index in [1.807, 2.05) is 13.8 Å². The number of ether oxygens (including phenoxy) is 5. The fraction of sp³-hybridized carbons (Fsp3) is 0.857. The van der Waals surface area contributed by atoms with Gasteiger partial charge in [0.15, 0.2) is 11.6 Å². The zero-order valence-corrected chi connectivity index (χ0v) is 13.5. The van der Waals surface area contributed by atoms with Crippen LogP contribution in [0.4, 0.5) is 0 Å². The predicted molar refractivity (Wildman–Crippen MR) is 74.9 cm³/mol. The van der Waals surface area contributed by atoms with Gasteiger partial charge in [0.25, 0.3) is 0 Å². The molecule has 0 aromatic heterocycles. The molecule has 0 aromatic carbocycles. The molecule has 0 aliphatic carbocycles. The number of nitrogens with zero attached hydrogens (tertiary/aromatic N) is 1. The van der Waals surface area contributed by atoms with Gasteiger partial charge in [-0.3, -0.25) is 4.79 Å². The van der Waals surface area contributed by atoms with Crippen LogP contribution in [0.5, 0.6) is 0 Å². The van der Waals surface area contributed by atoms with Gasteiger partial charge in [0.2, 0.25) is 11.7 Å². The zero-order valence-electron chi connectivity index (χ0n) is 13.5. The van der Waals surface area contributed by atoms with Gasteiger partial charge in [-0.1, -0.05) is 0 Å². The summed E-state index contributed by atoms with van der Waals surface area (Å²) in [5.41, 5.74) is 2.86. The lowest BCUT2D eigenvalue weighted by molar-refractivity contribution is -0.236. The standard InChI is InChI=1S/C14H22N2O6/c1-8(17)15-16-11-10-9(20-13(4,5)21-10)6-18-14(11)7-19-12(2,3)22-14/h9-10H,6-7H2,1-5H3,(H,15,17)/b16-11+/t9-,10-,14+/m1/s1. The summed E-state index contributed by atoms with van der Waals surface area (Å²) in [6.07, 6.45) is -0.770. The zero-order chi connectivity index (χ0) is 16.2. The van der Waals surface area contributed by atoms with Crippen LogP contribution in [0.3, 0.4) is 0 Å². The Balaban J connectivity index is 1.94. The number of carbonyl (C=O) groups excluding carboxylic acids is 1. The van der Waals surface area contributed by atoms with Crippen molar-refractivity contribution in [2.24, 2.45) is 5.10 Å². The maximum Gasteiger partial charge on any atom is 0.239 e. The highest BCUT2D eigenvalue weighted by Gasteiger charge is 2.61. The van der Waals surface area contributed by atoms with Gasteiger partial charge in [-0.2, -0.15) is 5.10 Å². The van der Waals surface area contributed by atoms with Gasteiger partial charge in [0.05, 0.1) is 6.61 Å². The number of hydrogen-bond donors (Lipinski definition) is 1. The highest BCUT2D eigenvalue weighted by Crippen LogP contribution is 2.42. The van der Waals surface area contributed by atoms with Crippen molar-refractivity contribution in [3.05, 3.63) is 0 Å². The van der Waals surface area contributed by atoms with Gasteiger partial charge in [0, 0.05) is 6.92 Å². The molecule has 1 amide bonds. The lowest BCUT2D eigenvalue weighted by atomic mass is 9.98. The Bertz CT molecular complexity index is 515. The molecule has 0 unspecified atom stereocenters. The molecule has 1 spiro atoms. The Morgan fingerprint density at radius 3 is 2.50 bits per heavy atom. The minimum atomic E-state index is -1.17. The summed E-state index contributed by atoms with van der Waals surface area (Å²) in [6.45, 7) is 9.09. The SMILES string of the molecule is CC(=O)N/N=C1\[C@@H]2OC(C)(C)O[C@@H]2CO[C@]12COC(C)(C)O2.